The topological polar surface area (TPSA) is 63.1 Å². The highest BCUT2D eigenvalue weighted by molar-refractivity contribution is 8.13. The summed E-state index contributed by atoms with van der Waals surface area (Å²) in [6.45, 7) is 2.18. The van der Waals surface area contributed by atoms with Gasteiger partial charge in [-0.2, -0.15) is 0 Å². The molecule has 0 aromatic heterocycles. The van der Waals surface area contributed by atoms with Crippen molar-refractivity contribution in [3.63, 3.8) is 0 Å². The number of amidine groups is 1. The van der Waals surface area contributed by atoms with E-state index in [1.165, 1.54) is 12.8 Å². The maximum Gasteiger partial charge on any atom is 0.211 e. The van der Waals surface area contributed by atoms with Crippen LogP contribution in [-0.4, -0.2) is 10.9 Å². The molecule has 0 amide bonds. The molecule has 0 bridgehead atoms. The third kappa shape index (κ3) is 6.06. The van der Waals surface area contributed by atoms with Gasteiger partial charge in [0.15, 0.2) is 0 Å². The van der Waals surface area contributed by atoms with Crippen LogP contribution in [0.4, 0.5) is 5.69 Å². The lowest BCUT2D eigenvalue weighted by Crippen LogP contribution is -1.91. The van der Waals surface area contributed by atoms with Crippen molar-refractivity contribution in [2.24, 2.45) is 21.2 Å². The Morgan fingerprint density at radius 1 is 1.24 bits per heavy atom. The van der Waals surface area contributed by atoms with Crippen LogP contribution in [0.5, 0.6) is 0 Å². The van der Waals surface area contributed by atoms with Gasteiger partial charge in [0.25, 0.3) is 0 Å². The second-order valence-electron chi connectivity index (χ2n) is 3.50. The first-order valence-electron chi connectivity index (χ1n) is 5.74. The molecule has 0 saturated carbocycles. The zero-order valence-corrected chi connectivity index (χ0v) is 10.9. The summed E-state index contributed by atoms with van der Waals surface area (Å²) < 4.78 is 0. The monoisotopic (exact) mass is 250 g/mol. The normalized spacial score (nSPS) is 12.2. The molecule has 17 heavy (non-hydrogen) atoms. The van der Waals surface area contributed by atoms with Crippen LogP contribution in [0.3, 0.4) is 0 Å². The van der Waals surface area contributed by atoms with Gasteiger partial charge in [-0.05, 0) is 18.6 Å². The average molecular weight is 250 g/mol. The number of unbranched alkanes of at least 4 members (excludes halogenated alkanes) is 2. The molecule has 5 heteroatoms. The van der Waals surface area contributed by atoms with E-state index in [1.54, 1.807) is 11.8 Å². The van der Waals surface area contributed by atoms with Crippen molar-refractivity contribution in [2.45, 2.75) is 26.2 Å². The van der Waals surface area contributed by atoms with Crippen LogP contribution in [0.15, 0.2) is 45.7 Å². The first-order valence-corrected chi connectivity index (χ1v) is 6.73. The summed E-state index contributed by atoms with van der Waals surface area (Å²) in [5.74, 6) is 6.08. The second-order valence-corrected chi connectivity index (χ2v) is 4.56. The first kappa shape index (κ1) is 13.7. The van der Waals surface area contributed by atoms with E-state index in [9.17, 15) is 0 Å². The Morgan fingerprint density at radius 2 is 2.00 bits per heavy atom. The smallest absolute Gasteiger partial charge is 0.211 e. The molecule has 92 valence electrons. The predicted octanol–water partition coefficient (Wildman–Crippen LogP) is 3.92. The van der Waals surface area contributed by atoms with Crippen molar-refractivity contribution in [1.82, 2.24) is 0 Å². The summed E-state index contributed by atoms with van der Waals surface area (Å²) in [7, 11) is 0. The lowest BCUT2D eigenvalue weighted by atomic mass is 10.3. The van der Waals surface area contributed by atoms with E-state index >= 15 is 0 Å². The Bertz CT molecular complexity index is 362. The maximum absolute atomic E-state index is 5.08. The quantitative estimate of drug-likeness (QED) is 0.215. The number of nitrogens with zero attached hydrogens (tertiary/aromatic N) is 3. The standard InChI is InChI=1S/C12H18N4S/c1-2-3-7-10-17-12(15-16-13)14-11-8-5-4-6-9-11/h4-6,8-9H,2-3,7,10H2,1H3,(H2,13,14,15). The molecule has 2 N–H and O–H groups in total. The highest BCUT2D eigenvalue weighted by atomic mass is 32.2. The van der Waals surface area contributed by atoms with Crippen molar-refractivity contribution in [2.75, 3.05) is 5.75 Å². The summed E-state index contributed by atoms with van der Waals surface area (Å²) in [5, 5.41) is 7.76. The largest absolute Gasteiger partial charge is 0.304 e. The minimum atomic E-state index is 0.620. The van der Waals surface area contributed by atoms with Gasteiger partial charge in [0.2, 0.25) is 5.17 Å². The van der Waals surface area contributed by atoms with Gasteiger partial charge in [-0.15, -0.1) is 5.11 Å². The summed E-state index contributed by atoms with van der Waals surface area (Å²) in [5.41, 5.74) is 0.873. The fraction of sp³-hybridized carbons (Fsp3) is 0.417. The molecule has 0 atom stereocenters. The van der Waals surface area contributed by atoms with E-state index < -0.39 is 0 Å². The van der Waals surface area contributed by atoms with E-state index in [4.69, 9.17) is 5.84 Å². The molecular weight excluding hydrogens is 232 g/mol. The predicted molar refractivity (Wildman–Crippen MR) is 74.6 cm³/mol. The molecule has 0 fully saturated rings. The number of aliphatic imine (C=N–C) groups is 1. The van der Waals surface area contributed by atoms with Crippen LogP contribution in [0.25, 0.3) is 0 Å². The van der Waals surface area contributed by atoms with E-state index in [0.29, 0.717) is 5.17 Å². The van der Waals surface area contributed by atoms with E-state index in [-0.39, 0.29) is 0 Å². The van der Waals surface area contributed by atoms with E-state index in [0.717, 1.165) is 17.9 Å². The zero-order chi connectivity index (χ0) is 12.3. The van der Waals surface area contributed by atoms with Gasteiger partial charge in [0.05, 0.1) is 5.69 Å². The number of nitrogens with two attached hydrogens (primary N) is 1. The van der Waals surface area contributed by atoms with Gasteiger partial charge in [-0.3, -0.25) is 0 Å². The Morgan fingerprint density at radius 3 is 2.65 bits per heavy atom. The first-order chi connectivity index (χ1) is 8.36. The van der Waals surface area contributed by atoms with Crippen molar-refractivity contribution < 1.29 is 0 Å². The molecule has 0 saturated heterocycles. The average Bonchev–Trinajstić information content (AvgIpc) is 2.36. The fourth-order valence-electron chi connectivity index (χ4n) is 1.26. The zero-order valence-electron chi connectivity index (χ0n) is 10.0. The fourth-order valence-corrected chi connectivity index (χ4v) is 2.07. The molecule has 0 aliphatic carbocycles. The number of hydrogen-bond acceptors (Lipinski definition) is 3. The minimum Gasteiger partial charge on any atom is -0.304 e. The number of hydrogen-bond donors (Lipinski definition) is 1. The van der Waals surface area contributed by atoms with Crippen LogP contribution in [-0.2, 0) is 0 Å². The summed E-state index contributed by atoms with van der Waals surface area (Å²) in [6.07, 6.45) is 3.60. The lowest BCUT2D eigenvalue weighted by Gasteiger charge is -1.99. The minimum absolute atomic E-state index is 0.620. The molecular formula is C12H18N4S. The maximum atomic E-state index is 5.08. The lowest BCUT2D eigenvalue weighted by molar-refractivity contribution is 0.779. The van der Waals surface area contributed by atoms with Crippen molar-refractivity contribution in [1.29, 1.82) is 0 Å². The van der Waals surface area contributed by atoms with Gasteiger partial charge in [0.1, 0.15) is 0 Å². The SMILES string of the molecule is CCCCCSC(=Nc1ccccc1)/N=N\N. The van der Waals surface area contributed by atoms with Crippen LogP contribution >= 0.6 is 11.8 Å². The second kappa shape index (κ2) is 8.75. The van der Waals surface area contributed by atoms with E-state index in [1.807, 2.05) is 30.3 Å². The third-order valence-electron chi connectivity index (χ3n) is 2.10. The van der Waals surface area contributed by atoms with Crippen LogP contribution in [0.1, 0.15) is 26.2 Å². The van der Waals surface area contributed by atoms with Gasteiger partial charge >= 0.3 is 0 Å². The van der Waals surface area contributed by atoms with Crippen LogP contribution in [0, 0.1) is 0 Å². The number of thioether (sulfide) groups is 1. The number of benzene rings is 1. The van der Waals surface area contributed by atoms with Crippen molar-refractivity contribution in [3.05, 3.63) is 30.3 Å². The van der Waals surface area contributed by atoms with Crippen molar-refractivity contribution >= 4 is 22.6 Å². The van der Waals surface area contributed by atoms with Gasteiger partial charge < -0.3 is 5.84 Å². The van der Waals surface area contributed by atoms with Gasteiger partial charge in [0, 0.05) is 5.75 Å². The Balaban J connectivity index is 2.56. The highest BCUT2D eigenvalue weighted by Crippen LogP contribution is 2.17. The van der Waals surface area contributed by atoms with Crippen LogP contribution in [0.2, 0.25) is 0 Å². The Labute approximate surface area is 106 Å². The summed E-state index contributed by atoms with van der Waals surface area (Å²) >= 11 is 1.59. The third-order valence-corrected chi connectivity index (χ3v) is 3.03. The molecule has 1 aromatic rings. The molecule has 0 unspecified atom stereocenters. The van der Waals surface area contributed by atoms with E-state index in [2.05, 4.69) is 22.3 Å². The summed E-state index contributed by atoms with van der Waals surface area (Å²) in [6, 6.07) is 9.70. The molecule has 0 heterocycles. The van der Waals surface area contributed by atoms with Crippen molar-refractivity contribution in [3.8, 4) is 0 Å². The molecule has 0 aliphatic rings. The molecule has 0 aliphatic heterocycles. The van der Waals surface area contributed by atoms with Crippen LogP contribution < -0.4 is 5.84 Å². The summed E-state index contributed by atoms with van der Waals surface area (Å²) in [4.78, 5) is 4.39. The highest BCUT2D eigenvalue weighted by Gasteiger charge is 1.99. The van der Waals surface area contributed by atoms with Gasteiger partial charge in [-0.25, -0.2) is 4.99 Å². The molecule has 0 spiro atoms. The molecule has 0 radical (unpaired) electrons. The molecule has 1 aromatic carbocycles. The Kier molecular flexibility index (Phi) is 7.06. The molecule has 1 rings (SSSR count). The Hall–Kier alpha value is -1.36. The number of para-hydroxylation sites is 1. The molecule has 4 nitrogen and oxygen atoms in total. The number of rotatable bonds is 5. The van der Waals surface area contributed by atoms with Gasteiger partial charge in [-0.1, -0.05) is 54.9 Å².